The van der Waals surface area contributed by atoms with Gasteiger partial charge in [-0.1, -0.05) is 437 Å². The first-order chi connectivity index (χ1) is 67.9. The Morgan fingerprint density at radius 3 is 0.745 bits per heavy atom. The van der Waals surface area contributed by atoms with E-state index >= 15 is 0 Å². The van der Waals surface area contributed by atoms with E-state index in [4.69, 9.17) is 43.2 Å². The molecule has 20 aromatic carbocycles. The molecule has 642 valence electrons. The van der Waals surface area contributed by atoms with Gasteiger partial charge in [0.2, 0.25) is 0 Å². The number of fused-ring (bicyclic) bond motifs is 12. The molecule has 0 bridgehead atoms. The van der Waals surface area contributed by atoms with E-state index in [1.165, 1.54) is 60.5 Å². The van der Waals surface area contributed by atoms with Gasteiger partial charge < -0.3 is 13.3 Å². The second kappa shape index (κ2) is 36.0. The van der Waals surface area contributed by atoms with Crippen molar-refractivity contribution >= 4 is 87.4 Å². The summed E-state index contributed by atoms with van der Waals surface area (Å²) in [5, 5.41) is 11.5. The van der Waals surface area contributed by atoms with Gasteiger partial charge in [0, 0.05) is 82.4 Å². The molecule has 9 nitrogen and oxygen atoms in total. The van der Waals surface area contributed by atoms with E-state index in [0.29, 0.717) is 17.5 Å². The molecule has 0 fully saturated rings. The fourth-order valence-electron chi connectivity index (χ4n) is 18.9. The number of hydrogen-bond donors (Lipinski definition) is 0. The zero-order chi connectivity index (χ0) is 90.9. The van der Waals surface area contributed by atoms with E-state index in [1.54, 1.807) is 0 Å². The van der Waals surface area contributed by atoms with Crippen LogP contribution in [0.15, 0.2) is 511 Å². The Hall–Kier alpha value is -18.4. The second-order valence-electron chi connectivity index (χ2n) is 34.2. The third-order valence-corrected chi connectivity index (χ3v) is 25.8. The van der Waals surface area contributed by atoms with E-state index in [0.717, 1.165) is 178 Å². The maximum Gasteiger partial charge on any atom is 0.161 e. The predicted molar refractivity (Wildman–Crippen MR) is 564 cm³/mol. The van der Waals surface area contributed by atoms with Gasteiger partial charge in [-0.25, -0.2) is 29.9 Å². The summed E-state index contributed by atoms with van der Waals surface area (Å²) in [7, 11) is 0. The minimum absolute atomic E-state index is 0.665. The van der Waals surface area contributed by atoms with Crippen molar-refractivity contribution in [3.05, 3.63) is 497 Å². The van der Waals surface area contributed by atoms with Crippen molar-refractivity contribution in [2.75, 3.05) is 0 Å². The molecule has 0 aliphatic carbocycles. The number of hydrogen-bond acceptors (Lipinski definition) is 9. The lowest BCUT2D eigenvalue weighted by molar-refractivity contribution is 0.669. The number of rotatable bonds is 15. The number of furan rings is 3. The summed E-state index contributed by atoms with van der Waals surface area (Å²) in [4.78, 5) is 31.0. The lowest BCUT2D eigenvalue weighted by Crippen LogP contribution is -1.97. The van der Waals surface area contributed by atoms with Gasteiger partial charge in [0.1, 0.15) is 33.5 Å². The lowest BCUT2D eigenvalue weighted by Gasteiger charge is -2.13. The summed E-state index contributed by atoms with van der Waals surface area (Å²) in [6.07, 6.45) is 0. The van der Waals surface area contributed by atoms with E-state index in [1.807, 2.05) is 91.0 Å². The molecule has 0 N–H and O–H groups in total. The minimum Gasteiger partial charge on any atom is -0.455 e. The molecule has 9 heteroatoms. The average Bonchev–Trinajstić information content (AvgIpc) is 1.75. The molecule has 0 spiro atoms. The Morgan fingerprint density at radius 1 is 0.124 bits per heavy atom. The summed E-state index contributed by atoms with van der Waals surface area (Å²) in [6.45, 7) is 0. The first-order valence-electron chi connectivity index (χ1n) is 46.1. The van der Waals surface area contributed by atoms with Gasteiger partial charge in [0.15, 0.2) is 17.5 Å². The van der Waals surface area contributed by atoms with Gasteiger partial charge in [-0.2, -0.15) is 0 Å². The highest BCUT2D eigenvalue weighted by Crippen LogP contribution is 2.45. The number of benzene rings is 20. The van der Waals surface area contributed by atoms with E-state index in [-0.39, 0.29) is 0 Å². The fourth-order valence-corrected chi connectivity index (χ4v) is 18.9. The lowest BCUT2D eigenvalue weighted by atomic mass is 9.93. The molecular weight excluding hydrogens is 1670 g/mol. The van der Waals surface area contributed by atoms with Crippen LogP contribution in [-0.4, -0.2) is 29.9 Å². The third kappa shape index (κ3) is 16.2. The number of aromatic nitrogens is 6. The van der Waals surface area contributed by atoms with Crippen molar-refractivity contribution in [3.8, 4) is 168 Å². The van der Waals surface area contributed by atoms with Crippen LogP contribution >= 0.6 is 0 Å². The van der Waals surface area contributed by atoms with Crippen molar-refractivity contribution in [1.29, 1.82) is 0 Å². The maximum absolute atomic E-state index is 6.46. The van der Waals surface area contributed by atoms with Crippen LogP contribution in [0.3, 0.4) is 0 Å². The Balaban J connectivity index is 0.000000113. The molecule has 26 aromatic rings. The van der Waals surface area contributed by atoms with E-state index in [2.05, 4.69) is 406 Å². The van der Waals surface area contributed by atoms with Crippen LogP contribution in [0, 0.1) is 0 Å². The third-order valence-electron chi connectivity index (χ3n) is 25.8. The average molecular weight is 1750 g/mol. The van der Waals surface area contributed by atoms with Gasteiger partial charge >= 0.3 is 0 Å². The molecule has 6 aromatic heterocycles. The second-order valence-corrected chi connectivity index (χ2v) is 34.2. The summed E-state index contributed by atoms with van der Waals surface area (Å²) in [5.74, 6) is 2.01. The van der Waals surface area contributed by atoms with Gasteiger partial charge in [0.25, 0.3) is 0 Å². The summed E-state index contributed by atoms with van der Waals surface area (Å²) in [5.41, 5.74) is 32.9. The van der Waals surface area contributed by atoms with Crippen LogP contribution in [0.25, 0.3) is 256 Å². The quantitative estimate of drug-likeness (QED) is 0.0925. The molecule has 0 aliphatic rings. The SMILES string of the molecule is c1ccc(-c2ccc(-c3cc(-c4cccc5c4oc4ccccc45)nc(-c4ccc(-c5cc6ccccc6c6ccccc56)cc4)n3)cc2)cc1.c1ccc(-c2ccc(-c3cc(-c4cccc5c4oc4ccccc45)nc(-c4ccc(-c5ccccc5)cc4)n3)cc2)cc1.c1ccc(-c2ccc(-c3cc(-c4cccc5c4oc4ccccc45)nc(-c4ccccc4-c4ccccc4)n3)cc2)cc1. The zero-order valence-electron chi connectivity index (χ0n) is 74.3. The van der Waals surface area contributed by atoms with Crippen molar-refractivity contribution in [1.82, 2.24) is 29.9 Å². The number of nitrogens with zero attached hydrogens (tertiary/aromatic N) is 6. The van der Waals surface area contributed by atoms with E-state index in [9.17, 15) is 0 Å². The predicted octanol–water partition coefficient (Wildman–Crippen LogP) is 34.4. The Labute approximate surface area is 791 Å². The minimum atomic E-state index is 0.665. The molecule has 0 amide bonds. The molecule has 0 saturated heterocycles. The van der Waals surface area contributed by atoms with Gasteiger partial charge in [-0.05, 0) is 149 Å². The van der Waals surface area contributed by atoms with Crippen LogP contribution in [0.4, 0.5) is 0 Å². The van der Waals surface area contributed by atoms with Crippen LogP contribution in [0.1, 0.15) is 0 Å². The molecule has 0 saturated carbocycles. The highest BCUT2D eigenvalue weighted by molar-refractivity contribution is 6.15. The Kier molecular flexibility index (Phi) is 21.5. The highest BCUT2D eigenvalue weighted by atomic mass is 16.3. The van der Waals surface area contributed by atoms with E-state index < -0.39 is 0 Å². The van der Waals surface area contributed by atoms with Crippen LogP contribution in [-0.2, 0) is 0 Å². The zero-order valence-corrected chi connectivity index (χ0v) is 74.3. The first kappa shape index (κ1) is 81.8. The Bertz CT molecular complexity index is 8860. The fraction of sp³-hybridized carbons (Fsp3) is 0. The van der Waals surface area contributed by atoms with Gasteiger partial charge in [0.05, 0.1) is 34.2 Å². The molecule has 0 unspecified atom stereocenters. The smallest absolute Gasteiger partial charge is 0.161 e. The van der Waals surface area contributed by atoms with Crippen molar-refractivity contribution in [3.63, 3.8) is 0 Å². The molecular formula is C128H82N6O3. The highest BCUT2D eigenvalue weighted by Gasteiger charge is 2.24. The first-order valence-corrected chi connectivity index (χ1v) is 46.1. The largest absolute Gasteiger partial charge is 0.455 e. The maximum atomic E-state index is 6.46. The van der Waals surface area contributed by atoms with Crippen LogP contribution < -0.4 is 0 Å². The normalized spacial score (nSPS) is 11.4. The van der Waals surface area contributed by atoms with Crippen molar-refractivity contribution < 1.29 is 13.3 Å². The van der Waals surface area contributed by atoms with Gasteiger partial charge in [-0.3, -0.25) is 0 Å². The topological polar surface area (TPSA) is 117 Å². The molecule has 26 rings (SSSR count). The molecule has 0 aliphatic heterocycles. The van der Waals surface area contributed by atoms with Crippen LogP contribution in [0.5, 0.6) is 0 Å². The summed E-state index contributed by atoms with van der Waals surface area (Å²) >= 11 is 0. The number of para-hydroxylation sites is 6. The Morgan fingerprint density at radius 2 is 0.365 bits per heavy atom. The summed E-state index contributed by atoms with van der Waals surface area (Å²) < 4.78 is 19.3. The van der Waals surface area contributed by atoms with Crippen molar-refractivity contribution in [2.45, 2.75) is 0 Å². The molecule has 0 atom stereocenters. The molecule has 0 radical (unpaired) electrons. The molecule has 137 heavy (non-hydrogen) atoms. The van der Waals surface area contributed by atoms with Crippen molar-refractivity contribution in [2.24, 2.45) is 0 Å². The monoisotopic (exact) mass is 1750 g/mol. The molecule has 6 heterocycles. The standard InChI is InChI=1S/C48H30N2O.2C40H26N2O/c1-2-11-31(12-3-1)32-21-25-34(26-22-32)44-30-45(42-19-10-18-41-40-17-8-9-20-46(40)51-47(41)42)50-48(49-44)35-27-23-33(24-28-35)43-29-36-13-4-5-14-37(36)38-15-6-7-16-39(38)43;1-3-12-27(13-4-1)28-22-24-30(25-23-28)36-26-37(35-20-11-19-33-32-17-9-10-21-38(32)43-39(33)35)42-40(41-36)34-18-8-7-16-31(34)29-14-5-2-6-15-29;1-3-10-27(11-4-1)29-18-22-31(23-19-29)36-26-37(35-16-9-15-34-33-14-7-8-17-38(33)43-39(34)35)42-40(41-36)32-24-20-30(21-25-32)28-12-5-2-6-13-28/h1-30H;2*1-26H. The summed E-state index contributed by atoms with van der Waals surface area (Å²) in [6, 6.07) is 173. The van der Waals surface area contributed by atoms with Crippen LogP contribution in [0.2, 0.25) is 0 Å². The van der Waals surface area contributed by atoms with Gasteiger partial charge in [-0.15, -0.1) is 0 Å².